The number of carbonyl (C=O) groups excluding carboxylic acids is 2. The molecule has 0 aromatic rings. The summed E-state index contributed by atoms with van der Waals surface area (Å²) in [6.45, 7) is 12.3. The van der Waals surface area contributed by atoms with E-state index in [1.165, 1.54) is 6.92 Å². The molecule has 6 heteroatoms. The lowest BCUT2D eigenvalue weighted by Gasteiger charge is -2.45. The summed E-state index contributed by atoms with van der Waals surface area (Å²) in [5.74, 6) is -0.695. The van der Waals surface area contributed by atoms with Gasteiger partial charge in [-0.2, -0.15) is 0 Å². The Morgan fingerprint density at radius 3 is 2.37 bits per heavy atom. The first-order chi connectivity index (χ1) is 8.62. The van der Waals surface area contributed by atoms with Crippen molar-refractivity contribution in [2.45, 2.75) is 47.0 Å². The monoisotopic (exact) mass is 287 g/mol. The Balaban J connectivity index is 2.78. The van der Waals surface area contributed by atoms with Crippen LogP contribution in [0.5, 0.6) is 0 Å². The van der Waals surface area contributed by atoms with Gasteiger partial charge in [-0.15, -0.1) is 0 Å². The SMILES string of the molecule is CC(=O)O[C@@H]1NC(=O)[C@@H]1[C@@H](CO[SiH](C)C)C(C)(C)C. The second kappa shape index (κ2) is 6.05. The van der Waals surface area contributed by atoms with Crippen molar-refractivity contribution < 1.29 is 18.8 Å². The third-order valence-electron chi connectivity index (χ3n) is 3.36. The summed E-state index contributed by atoms with van der Waals surface area (Å²) in [6.07, 6.45) is -0.508. The first kappa shape index (κ1) is 16.2. The number of rotatable bonds is 5. The van der Waals surface area contributed by atoms with Gasteiger partial charge in [0.05, 0.1) is 5.92 Å². The van der Waals surface area contributed by atoms with Crippen LogP contribution in [0.1, 0.15) is 27.7 Å². The summed E-state index contributed by atoms with van der Waals surface area (Å²) in [5.41, 5.74) is -0.0793. The standard InChI is InChI=1S/C13H25NO4Si/c1-8(15)18-12-10(11(16)14-12)9(13(2,3)4)7-17-19(5)6/h9-10,12,19H,7H2,1-6H3,(H,14,16)/t9-,10+,12+/m1/s1. The molecule has 0 spiro atoms. The summed E-state index contributed by atoms with van der Waals surface area (Å²) in [7, 11) is -1.14. The van der Waals surface area contributed by atoms with Crippen LogP contribution in [0.4, 0.5) is 0 Å². The van der Waals surface area contributed by atoms with Gasteiger partial charge in [0.25, 0.3) is 0 Å². The molecule has 3 atom stereocenters. The van der Waals surface area contributed by atoms with Gasteiger partial charge < -0.3 is 14.5 Å². The van der Waals surface area contributed by atoms with Gasteiger partial charge in [0, 0.05) is 19.4 Å². The van der Waals surface area contributed by atoms with Crippen molar-refractivity contribution in [3.63, 3.8) is 0 Å². The number of hydrogen-bond donors (Lipinski definition) is 1. The second-order valence-corrected chi connectivity index (χ2v) is 8.85. The van der Waals surface area contributed by atoms with Crippen LogP contribution < -0.4 is 5.32 Å². The van der Waals surface area contributed by atoms with Gasteiger partial charge in [-0.1, -0.05) is 20.8 Å². The molecule has 0 aromatic heterocycles. The molecule has 1 heterocycles. The highest BCUT2D eigenvalue weighted by Crippen LogP contribution is 2.38. The van der Waals surface area contributed by atoms with Gasteiger partial charge in [-0.25, -0.2) is 0 Å². The topological polar surface area (TPSA) is 64.6 Å². The van der Waals surface area contributed by atoms with Gasteiger partial charge in [0.2, 0.25) is 5.91 Å². The van der Waals surface area contributed by atoms with Crippen molar-refractivity contribution in [3.05, 3.63) is 0 Å². The number of β-lactam (4-membered cyclic amide) rings is 1. The van der Waals surface area contributed by atoms with Crippen molar-refractivity contribution in [2.24, 2.45) is 17.3 Å². The fraction of sp³-hybridized carbons (Fsp3) is 0.846. The number of esters is 1. The van der Waals surface area contributed by atoms with E-state index in [0.717, 1.165) is 0 Å². The smallest absolute Gasteiger partial charge is 0.304 e. The predicted molar refractivity (Wildman–Crippen MR) is 75.0 cm³/mol. The van der Waals surface area contributed by atoms with Gasteiger partial charge in [0.1, 0.15) is 0 Å². The summed E-state index contributed by atoms with van der Waals surface area (Å²) >= 11 is 0. The fourth-order valence-electron chi connectivity index (χ4n) is 2.23. The molecule has 1 fully saturated rings. The summed E-state index contributed by atoms with van der Waals surface area (Å²) in [5, 5.41) is 2.64. The molecule has 1 aliphatic heterocycles. The molecule has 0 aromatic carbocycles. The molecule has 0 aliphatic carbocycles. The van der Waals surface area contributed by atoms with Gasteiger partial charge in [0.15, 0.2) is 15.3 Å². The Bertz CT molecular complexity index is 351. The van der Waals surface area contributed by atoms with Crippen molar-refractivity contribution in [3.8, 4) is 0 Å². The van der Waals surface area contributed by atoms with E-state index in [-0.39, 0.29) is 29.1 Å². The van der Waals surface area contributed by atoms with E-state index in [9.17, 15) is 9.59 Å². The Labute approximate surface area is 116 Å². The molecule has 1 aliphatic rings. The van der Waals surface area contributed by atoms with E-state index in [1.54, 1.807) is 0 Å². The fourth-order valence-corrected chi connectivity index (χ4v) is 2.82. The minimum atomic E-state index is -1.14. The molecular formula is C13H25NO4Si. The van der Waals surface area contributed by atoms with E-state index in [0.29, 0.717) is 6.61 Å². The Kier molecular flexibility index (Phi) is 5.15. The van der Waals surface area contributed by atoms with Crippen LogP contribution in [0.3, 0.4) is 0 Å². The quantitative estimate of drug-likeness (QED) is 0.470. The average Bonchev–Trinajstić information content (AvgIpc) is 2.20. The van der Waals surface area contributed by atoms with Crippen molar-refractivity contribution in [2.75, 3.05) is 6.61 Å². The molecular weight excluding hydrogens is 262 g/mol. The van der Waals surface area contributed by atoms with E-state index < -0.39 is 15.3 Å². The highest BCUT2D eigenvalue weighted by atomic mass is 28.3. The van der Waals surface area contributed by atoms with Gasteiger partial charge in [-0.3, -0.25) is 9.59 Å². The molecule has 0 unspecified atom stereocenters. The van der Waals surface area contributed by atoms with Crippen molar-refractivity contribution in [1.82, 2.24) is 5.32 Å². The lowest BCUT2D eigenvalue weighted by molar-refractivity contribution is -0.175. The zero-order valence-electron chi connectivity index (χ0n) is 12.6. The van der Waals surface area contributed by atoms with Crippen LogP contribution >= 0.6 is 0 Å². The number of nitrogens with one attached hydrogen (secondary N) is 1. The minimum absolute atomic E-state index is 0.0421. The molecule has 5 nitrogen and oxygen atoms in total. The highest BCUT2D eigenvalue weighted by Gasteiger charge is 2.50. The normalized spacial score (nSPS) is 24.7. The van der Waals surface area contributed by atoms with E-state index in [4.69, 9.17) is 9.16 Å². The van der Waals surface area contributed by atoms with E-state index >= 15 is 0 Å². The first-order valence-electron chi connectivity index (χ1n) is 6.72. The van der Waals surface area contributed by atoms with Crippen LogP contribution in [0.2, 0.25) is 13.1 Å². The van der Waals surface area contributed by atoms with Crippen LogP contribution in [-0.2, 0) is 18.8 Å². The van der Waals surface area contributed by atoms with E-state index in [2.05, 4.69) is 39.2 Å². The molecule has 0 bridgehead atoms. The zero-order valence-corrected chi connectivity index (χ0v) is 13.8. The average molecular weight is 287 g/mol. The van der Waals surface area contributed by atoms with Crippen LogP contribution in [-0.4, -0.2) is 33.8 Å². The molecule has 1 saturated heterocycles. The molecule has 1 rings (SSSR count). The number of ether oxygens (including phenoxy) is 1. The Hall–Kier alpha value is -0.883. The van der Waals surface area contributed by atoms with Crippen molar-refractivity contribution in [1.29, 1.82) is 0 Å². The lowest BCUT2D eigenvalue weighted by atomic mass is 9.70. The molecule has 0 radical (unpaired) electrons. The first-order valence-corrected chi connectivity index (χ1v) is 9.50. The molecule has 19 heavy (non-hydrogen) atoms. The Morgan fingerprint density at radius 1 is 1.42 bits per heavy atom. The maximum atomic E-state index is 11.8. The largest absolute Gasteiger partial charge is 0.441 e. The summed E-state index contributed by atoms with van der Waals surface area (Å²) in [4.78, 5) is 22.8. The van der Waals surface area contributed by atoms with Crippen LogP contribution in [0.25, 0.3) is 0 Å². The zero-order chi connectivity index (χ0) is 14.8. The van der Waals surface area contributed by atoms with Gasteiger partial charge in [-0.05, 0) is 18.5 Å². The Morgan fingerprint density at radius 2 is 2.00 bits per heavy atom. The maximum absolute atomic E-state index is 11.8. The highest BCUT2D eigenvalue weighted by molar-refractivity contribution is 6.48. The lowest BCUT2D eigenvalue weighted by Crippen LogP contribution is -2.64. The summed E-state index contributed by atoms with van der Waals surface area (Å²) < 4.78 is 10.9. The maximum Gasteiger partial charge on any atom is 0.304 e. The molecule has 110 valence electrons. The molecule has 1 amide bonds. The third-order valence-corrected chi connectivity index (χ3v) is 4.22. The third kappa shape index (κ3) is 4.31. The second-order valence-electron chi connectivity index (χ2n) is 6.42. The van der Waals surface area contributed by atoms with Crippen molar-refractivity contribution >= 4 is 20.9 Å². The van der Waals surface area contributed by atoms with Crippen LogP contribution in [0.15, 0.2) is 0 Å². The number of amides is 1. The number of carbonyl (C=O) groups is 2. The summed E-state index contributed by atoms with van der Waals surface area (Å²) in [6, 6.07) is 0. The van der Waals surface area contributed by atoms with E-state index in [1.807, 2.05) is 0 Å². The van der Waals surface area contributed by atoms with Gasteiger partial charge >= 0.3 is 5.97 Å². The van der Waals surface area contributed by atoms with Crippen LogP contribution in [0, 0.1) is 17.3 Å². The number of hydrogen-bond acceptors (Lipinski definition) is 4. The molecule has 0 saturated carbocycles. The minimum Gasteiger partial charge on any atom is -0.441 e. The predicted octanol–water partition coefficient (Wildman–Crippen LogP) is 1.28. The molecule has 1 N–H and O–H groups in total.